The Morgan fingerprint density at radius 3 is 2.85 bits per heavy atom. The van der Waals surface area contributed by atoms with Crippen LogP contribution >= 0.6 is 0 Å². The zero-order valence-corrected chi connectivity index (χ0v) is 7.82. The van der Waals surface area contributed by atoms with Crippen LogP contribution in [0.5, 0.6) is 0 Å². The van der Waals surface area contributed by atoms with Gasteiger partial charge in [0.2, 0.25) is 0 Å². The van der Waals surface area contributed by atoms with Crippen molar-refractivity contribution < 1.29 is 8.42 Å². The summed E-state index contributed by atoms with van der Waals surface area (Å²) in [6, 6.07) is 4.90. The van der Waals surface area contributed by atoms with Gasteiger partial charge in [-0.3, -0.25) is 0 Å². The predicted octanol–water partition coefficient (Wildman–Crippen LogP) is 0.738. The number of hydrogen-bond acceptors (Lipinski definition) is 3. The molecule has 0 saturated carbocycles. The van der Waals surface area contributed by atoms with Gasteiger partial charge in [0.25, 0.3) is 0 Å². The number of hydrogen-bond donors (Lipinski definition) is 0. The van der Waals surface area contributed by atoms with Crippen molar-refractivity contribution in [3.63, 3.8) is 0 Å². The molecule has 0 bridgehead atoms. The summed E-state index contributed by atoms with van der Waals surface area (Å²) in [5.41, 5.74) is 0.780. The van der Waals surface area contributed by atoms with Gasteiger partial charge < -0.3 is 0 Å². The standard InChI is InChI=1S/C8H8N2O2S/c1-13(11,12)8-3-5-10-7(6-8)2-4-9-10/h2-6H,1H3. The van der Waals surface area contributed by atoms with Gasteiger partial charge >= 0.3 is 0 Å². The Balaban J connectivity index is 2.75. The van der Waals surface area contributed by atoms with Gasteiger partial charge in [0.05, 0.1) is 10.4 Å². The van der Waals surface area contributed by atoms with E-state index in [9.17, 15) is 8.42 Å². The third-order valence-electron chi connectivity index (χ3n) is 1.80. The zero-order chi connectivity index (χ0) is 9.47. The second-order valence-electron chi connectivity index (χ2n) is 2.84. The van der Waals surface area contributed by atoms with E-state index in [1.54, 1.807) is 29.0 Å². The molecule has 0 aliphatic rings. The summed E-state index contributed by atoms with van der Waals surface area (Å²) in [4.78, 5) is 0.320. The van der Waals surface area contributed by atoms with Crippen molar-refractivity contribution in [1.82, 2.24) is 9.61 Å². The molecule has 0 aromatic carbocycles. The van der Waals surface area contributed by atoms with Gasteiger partial charge in [-0.1, -0.05) is 0 Å². The van der Waals surface area contributed by atoms with Gasteiger partial charge in [-0.2, -0.15) is 5.10 Å². The lowest BCUT2D eigenvalue weighted by Crippen LogP contribution is -1.98. The van der Waals surface area contributed by atoms with Gasteiger partial charge in [-0.15, -0.1) is 0 Å². The molecule has 68 valence electrons. The Kier molecular flexibility index (Phi) is 1.63. The van der Waals surface area contributed by atoms with Crippen molar-refractivity contribution >= 4 is 15.4 Å². The number of nitrogens with zero attached hydrogens (tertiary/aromatic N) is 2. The minimum Gasteiger partial charge on any atom is -0.241 e. The van der Waals surface area contributed by atoms with Crippen LogP contribution in [0.3, 0.4) is 0 Å². The highest BCUT2D eigenvalue weighted by atomic mass is 32.2. The van der Waals surface area contributed by atoms with E-state index in [2.05, 4.69) is 5.10 Å². The second-order valence-corrected chi connectivity index (χ2v) is 4.85. The first kappa shape index (κ1) is 8.25. The first-order valence-corrected chi connectivity index (χ1v) is 5.60. The fraction of sp³-hybridized carbons (Fsp3) is 0.125. The highest BCUT2D eigenvalue weighted by Gasteiger charge is 2.07. The minimum atomic E-state index is -3.11. The summed E-state index contributed by atoms with van der Waals surface area (Å²) in [5.74, 6) is 0. The summed E-state index contributed by atoms with van der Waals surface area (Å²) >= 11 is 0. The maximum atomic E-state index is 11.2. The third-order valence-corrected chi connectivity index (χ3v) is 2.91. The molecular formula is C8H8N2O2S. The van der Waals surface area contributed by atoms with E-state index in [0.29, 0.717) is 4.90 Å². The van der Waals surface area contributed by atoms with Crippen molar-refractivity contribution in [2.45, 2.75) is 4.90 Å². The molecule has 4 nitrogen and oxygen atoms in total. The van der Waals surface area contributed by atoms with E-state index in [4.69, 9.17) is 0 Å². The average molecular weight is 196 g/mol. The van der Waals surface area contributed by atoms with Crippen LogP contribution in [-0.2, 0) is 9.84 Å². The maximum Gasteiger partial charge on any atom is 0.175 e. The summed E-state index contributed by atoms with van der Waals surface area (Å²) in [6.07, 6.45) is 4.45. The molecule has 0 atom stereocenters. The van der Waals surface area contributed by atoms with Crippen molar-refractivity contribution in [2.24, 2.45) is 0 Å². The monoisotopic (exact) mass is 196 g/mol. The highest BCUT2D eigenvalue weighted by Crippen LogP contribution is 2.11. The molecule has 0 fully saturated rings. The number of pyridine rings is 1. The Morgan fingerprint density at radius 2 is 2.15 bits per heavy atom. The zero-order valence-electron chi connectivity index (χ0n) is 7.01. The van der Waals surface area contributed by atoms with Crippen LogP contribution < -0.4 is 0 Å². The first-order valence-electron chi connectivity index (χ1n) is 3.71. The topological polar surface area (TPSA) is 51.4 Å². The fourth-order valence-electron chi connectivity index (χ4n) is 1.13. The third kappa shape index (κ3) is 1.42. The smallest absolute Gasteiger partial charge is 0.175 e. The molecule has 0 spiro atoms. The molecule has 0 radical (unpaired) electrons. The molecule has 0 aliphatic heterocycles. The molecule has 2 heterocycles. The van der Waals surface area contributed by atoms with Crippen molar-refractivity contribution in [3.8, 4) is 0 Å². The lowest BCUT2D eigenvalue weighted by atomic mass is 10.4. The minimum absolute atomic E-state index is 0.320. The molecule has 2 aromatic heterocycles. The average Bonchev–Trinajstić information content (AvgIpc) is 2.47. The van der Waals surface area contributed by atoms with E-state index >= 15 is 0 Å². The van der Waals surface area contributed by atoms with Gasteiger partial charge in [0, 0.05) is 18.6 Å². The Bertz CT molecular complexity index is 542. The number of fused-ring (bicyclic) bond motifs is 1. The van der Waals surface area contributed by atoms with E-state index in [0.717, 1.165) is 5.52 Å². The van der Waals surface area contributed by atoms with E-state index < -0.39 is 9.84 Å². The molecule has 2 rings (SSSR count). The van der Waals surface area contributed by atoms with Crippen LogP contribution in [0.2, 0.25) is 0 Å². The van der Waals surface area contributed by atoms with Gasteiger partial charge in [0.15, 0.2) is 9.84 Å². The summed E-state index contributed by atoms with van der Waals surface area (Å²) in [7, 11) is -3.11. The van der Waals surface area contributed by atoms with Crippen molar-refractivity contribution in [2.75, 3.05) is 6.26 Å². The van der Waals surface area contributed by atoms with Crippen LogP contribution in [0, 0.1) is 0 Å². The summed E-state index contributed by atoms with van der Waals surface area (Å²) in [5, 5.41) is 3.96. The predicted molar refractivity (Wildman–Crippen MR) is 48.3 cm³/mol. The van der Waals surface area contributed by atoms with Crippen LogP contribution in [0.25, 0.3) is 5.52 Å². The molecule has 13 heavy (non-hydrogen) atoms. The van der Waals surface area contributed by atoms with Gasteiger partial charge in [0.1, 0.15) is 0 Å². The Hall–Kier alpha value is -1.36. The van der Waals surface area contributed by atoms with Gasteiger partial charge in [-0.25, -0.2) is 12.9 Å². The molecule has 0 amide bonds. The number of sulfone groups is 1. The fourth-order valence-corrected chi connectivity index (χ4v) is 1.77. The molecule has 0 aliphatic carbocycles. The van der Waals surface area contributed by atoms with Crippen LogP contribution in [0.4, 0.5) is 0 Å². The van der Waals surface area contributed by atoms with Crippen molar-refractivity contribution in [3.05, 3.63) is 30.6 Å². The molecule has 0 saturated heterocycles. The molecule has 2 aromatic rings. The first-order chi connectivity index (χ1) is 6.07. The quantitative estimate of drug-likeness (QED) is 0.676. The van der Waals surface area contributed by atoms with Gasteiger partial charge in [-0.05, 0) is 18.2 Å². The molecular weight excluding hydrogens is 188 g/mol. The molecule has 0 unspecified atom stereocenters. The van der Waals surface area contributed by atoms with Crippen LogP contribution in [0.15, 0.2) is 35.5 Å². The Morgan fingerprint density at radius 1 is 1.38 bits per heavy atom. The van der Waals surface area contributed by atoms with E-state index in [-0.39, 0.29) is 0 Å². The lowest BCUT2D eigenvalue weighted by molar-refractivity contribution is 0.601. The maximum absolute atomic E-state index is 11.2. The van der Waals surface area contributed by atoms with E-state index in [1.807, 2.05) is 0 Å². The summed E-state index contributed by atoms with van der Waals surface area (Å²) in [6.45, 7) is 0. The van der Waals surface area contributed by atoms with E-state index in [1.165, 1.54) is 12.3 Å². The second kappa shape index (κ2) is 2.56. The highest BCUT2D eigenvalue weighted by molar-refractivity contribution is 7.90. The number of aromatic nitrogens is 2. The largest absolute Gasteiger partial charge is 0.241 e. The number of rotatable bonds is 1. The van der Waals surface area contributed by atoms with Crippen LogP contribution in [0.1, 0.15) is 0 Å². The van der Waals surface area contributed by atoms with Crippen molar-refractivity contribution in [1.29, 1.82) is 0 Å². The molecule has 0 N–H and O–H groups in total. The molecule has 5 heteroatoms. The normalized spacial score (nSPS) is 12.1. The lowest BCUT2D eigenvalue weighted by Gasteiger charge is -1.98. The summed E-state index contributed by atoms with van der Waals surface area (Å²) < 4.78 is 24.0. The SMILES string of the molecule is CS(=O)(=O)c1ccn2nccc2c1. The van der Waals surface area contributed by atoms with Crippen LogP contribution in [-0.4, -0.2) is 24.3 Å². The Labute approximate surface area is 75.7 Å².